The average Bonchev–Trinajstić information content (AvgIpc) is 3.34. The zero-order valence-electron chi connectivity index (χ0n) is 15.1. The normalized spacial score (nSPS) is 11.3. The van der Waals surface area contributed by atoms with Crippen molar-refractivity contribution in [3.8, 4) is 0 Å². The predicted octanol–water partition coefficient (Wildman–Crippen LogP) is 4.02. The second-order valence-corrected chi connectivity index (χ2v) is 7.15. The molecule has 0 spiro atoms. The molecule has 4 rings (SSSR count). The van der Waals surface area contributed by atoms with Gasteiger partial charge in [-0.1, -0.05) is 59.8 Å². The van der Waals surface area contributed by atoms with Crippen LogP contribution in [0, 0.1) is 6.92 Å². The van der Waals surface area contributed by atoms with Crippen molar-refractivity contribution in [3.05, 3.63) is 71.4 Å². The highest BCUT2D eigenvalue weighted by molar-refractivity contribution is 7.99. The first-order valence-corrected chi connectivity index (χ1v) is 9.68. The van der Waals surface area contributed by atoms with Gasteiger partial charge in [-0.2, -0.15) is 10.1 Å². The van der Waals surface area contributed by atoms with E-state index in [1.54, 1.807) is 6.21 Å². The Labute approximate surface area is 165 Å². The van der Waals surface area contributed by atoms with E-state index < -0.39 is 0 Å². The van der Waals surface area contributed by atoms with Gasteiger partial charge in [-0.3, -0.25) is 4.79 Å². The number of thioether (sulfide) groups is 1. The van der Waals surface area contributed by atoms with Gasteiger partial charge >= 0.3 is 0 Å². The number of Topliss-reactive ketones (excluding diaryl/α,β-unsaturated/α-hetero) is 1. The summed E-state index contributed by atoms with van der Waals surface area (Å²) in [4.78, 5) is 19.7. The van der Waals surface area contributed by atoms with Gasteiger partial charge in [-0.25, -0.2) is 10.5 Å². The molecule has 140 valence electrons. The molecule has 0 saturated carbocycles. The van der Waals surface area contributed by atoms with Crippen LogP contribution in [0.4, 0.5) is 5.95 Å². The Bertz CT molecular complexity index is 1130. The number of para-hydroxylation sites is 1. The molecule has 0 aliphatic rings. The summed E-state index contributed by atoms with van der Waals surface area (Å²) in [5.41, 5.74) is 6.67. The van der Waals surface area contributed by atoms with E-state index in [1.165, 1.54) is 11.8 Å². The number of carbonyl (C=O) groups is 1. The maximum absolute atomic E-state index is 12.2. The zero-order chi connectivity index (χ0) is 19.3. The van der Waals surface area contributed by atoms with Crippen LogP contribution >= 0.6 is 11.8 Å². The molecule has 0 atom stereocenters. The number of aromatic nitrogens is 4. The lowest BCUT2D eigenvalue weighted by molar-refractivity contribution is 0.102. The maximum Gasteiger partial charge on any atom is 0.240 e. The average molecular weight is 390 g/mol. The van der Waals surface area contributed by atoms with Crippen LogP contribution in [-0.2, 0) is 0 Å². The van der Waals surface area contributed by atoms with Gasteiger partial charge in [0.25, 0.3) is 0 Å². The molecular formula is C20H18N6OS. The van der Waals surface area contributed by atoms with E-state index in [0.29, 0.717) is 16.7 Å². The van der Waals surface area contributed by atoms with Crippen molar-refractivity contribution in [2.75, 3.05) is 11.2 Å². The molecule has 0 aliphatic carbocycles. The molecule has 0 amide bonds. The molecule has 28 heavy (non-hydrogen) atoms. The molecule has 8 heteroatoms. The first kappa shape index (κ1) is 18.0. The lowest BCUT2D eigenvalue weighted by Crippen LogP contribution is -2.02. The number of rotatable bonds is 7. The van der Waals surface area contributed by atoms with Crippen LogP contribution in [0.3, 0.4) is 0 Å². The minimum absolute atomic E-state index is 0.0432. The molecule has 2 heterocycles. The molecule has 7 nitrogen and oxygen atoms in total. The number of anilines is 1. The Morgan fingerprint density at radius 3 is 2.89 bits per heavy atom. The maximum atomic E-state index is 12.2. The van der Waals surface area contributed by atoms with Crippen molar-refractivity contribution in [3.63, 3.8) is 0 Å². The predicted molar refractivity (Wildman–Crippen MR) is 112 cm³/mol. The number of hydrogen-bond acceptors (Lipinski definition) is 6. The van der Waals surface area contributed by atoms with Crippen LogP contribution in [0.1, 0.15) is 21.5 Å². The first-order valence-electron chi connectivity index (χ1n) is 8.69. The summed E-state index contributed by atoms with van der Waals surface area (Å²) in [6.45, 7) is 1.99. The Balaban J connectivity index is 1.33. The number of ketones is 1. The molecule has 0 saturated heterocycles. The Morgan fingerprint density at radius 1 is 1.21 bits per heavy atom. The molecule has 3 N–H and O–H groups in total. The molecular weight excluding hydrogens is 372 g/mol. The van der Waals surface area contributed by atoms with Crippen LogP contribution in [0.5, 0.6) is 0 Å². The second kappa shape index (κ2) is 8.10. The first-order chi connectivity index (χ1) is 13.7. The molecule has 0 radical (unpaired) electrons. The minimum atomic E-state index is 0.0432. The Hall–Kier alpha value is -3.39. The summed E-state index contributed by atoms with van der Waals surface area (Å²) in [7, 11) is 0. The van der Waals surface area contributed by atoms with Crippen LogP contribution in [0.2, 0.25) is 0 Å². The highest BCUT2D eigenvalue weighted by Gasteiger charge is 2.09. The summed E-state index contributed by atoms with van der Waals surface area (Å²) in [5.74, 6) is 0.738. The Morgan fingerprint density at radius 2 is 2.04 bits per heavy atom. The molecule has 0 fully saturated rings. The number of aromatic amines is 2. The number of H-pyrrole nitrogens is 2. The molecule has 0 aliphatic heterocycles. The Kier molecular flexibility index (Phi) is 5.20. The zero-order valence-corrected chi connectivity index (χ0v) is 16.0. The van der Waals surface area contributed by atoms with Gasteiger partial charge in [0.05, 0.1) is 12.0 Å². The molecule has 2 aromatic carbocycles. The van der Waals surface area contributed by atoms with E-state index in [1.807, 2.05) is 61.7 Å². The van der Waals surface area contributed by atoms with Crippen molar-refractivity contribution in [2.24, 2.45) is 5.10 Å². The van der Waals surface area contributed by atoms with Crippen LogP contribution in [0.15, 0.2) is 65.0 Å². The summed E-state index contributed by atoms with van der Waals surface area (Å²) >= 11 is 1.28. The minimum Gasteiger partial charge on any atom is -0.361 e. The third-order valence-corrected chi connectivity index (χ3v) is 5.01. The SMILES string of the molecule is Cc1ccc(C(=O)CSc2n[nH]c(N/N=C/c3c[nH]c4ccccc34)n2)cc1. The van der Waals surface area contributed by atoms with Gasteiger partial charge in [0.1, 0.15) is 0 Å². The summed E-state index contributed by atoms with van der Waals surface area (Å²) in [6.07, 6.45) is 3.61. The van der Waals surface area contributed by atoms with Gasteiger partial charge < -0.3 is 4.98 Å². The topological polar surface area (TPSA) is 98.8 Å². The van der Waals surface area contributed by atoms with E-state index in [9.17, 15) is 4.79 Å². The number of fused-ring (bicyclic) bond motifs is 1. The molecule has 2 aromatic heterocycles. The number of hydrogen-bond donors (Lipinski definition) is 3. The summed E-state index contributed by atoms with van der Waals surface area (Å²) in [6, 6.07) is 15.5. The number of benzene rings is 2. The quantitative estimate of drug-likeness (QED) is 0.192. The standard InChI is InChI=1S/C20H18N6OS/c1-13-6-8-14(9-7-13)18(27)12-28-20-23-19(25-26-20)24-22-11-15-10-21-17-5-3-2-4-16(15)17/h2-11,21H,12H2,1H3,(H2,23,24,25,26)/b22-11+. The van der Waals surface area contributed by atoms with Gasteiger partial charge in [-0.05, 0) is 13.0 Å². The lowest BCUT2D eigenvalue weighted by atomic mass is 10.1. The highest BCUT2D eigenvalue weighted by atomic mass is 32.2. The third-order valence-electron chi connectivity index (χ3n) is 4.17. The van der Waals surface area contributed by atoms with Crippen LogP contribution < -0.4 is 5.43 Å². The molecule has 0 bridgehead atoms. The number of carbonyl (C=O) groups excluding carboxylic acids is 1. The van der Waals surface area contributed by atoms with Crippen molar-refractivity contribution >= 4 is 40.6 Å². The van der Waals surface area contributed by atoms with Gasteiger partial charge in [0.15, 0.2) is 5.78 Å². The van der Waals surface area contributed by atoms with E-state index in [0.717, 1.165) is 22.0 Å². The number of aryl methyl sites for hydroxylation is 1. The van der Waals surface area contributed by atoms with Crippen molar-refractivity contribution in [1.82, 2.24) is 20.2 Å². The van der Waals surface area contributed by atoms with Crippen molar-refractivity contribution in [2.45, 2.75) is 12.1 Å². The van der Waals surface area contributed by atoms with E-state index in [-0.39, 0.29) is 11.5 Å². The van der Waals surface area contributed by atoms with Gasteiger partial charge in [0.2, 0.25) is 11.1 Å². The number of hydrazone groups is 1. The summed E-state index contributed by atoms with van der Waals surface area (Å²) < 4.78 is 0. The highest BCUT2D eigenvalue weighted by Crippen LogP contribution is 2.17. The van der Waals surface area contributed by atoms with Crippen molar-refractivity contribution < 1.29 is 4.79 Å². The number of nitrogens with one attached hydrogen (secondary N) is 3. The lowest BCUT2D eigenvalue weighted by Gasteiger charge is -1.99. The molecule has 0 unspecified atom stereocenters. The van der Waals surface area contributed by atoms with Crippen LogP contribution in [-0.4, -0.2) is 37.9 Å². The van der Waals surface area contributed by atoms with Gasteiger partial charge in [-0.15, -0.1) is 5.10 Å². The van der Waals surface area contributed by atoms with Gasteiger partial charge in [0, 0.05) is 28.2 Å². The fourth-order valence-corrected chi connectivity index (χ4v) is 3.37. The fraction of sp³-hybridized carbons (Fsp3) is 0.100. The third kappa shape index (κ3) is 4.12. The van der Waals surface area contributed by atoms with E-state index in [4.69, 9.17) is 0 Å². The fourth-order valence-electron chi connectivity index (χ4n) is 2.68. The monoisotopic (exact) mass is 390 g/mol. The van der Waals surface area contributed by atoms with Crippen LogP contribution in [0.25, 0.3) is 10.9 Å². The second-order valence-electron chi connectivity index (χ2n) is 6.20. The smallest absolute Gasteiger partial charge is 0.240 e. The van der Waals surface area contributed by atoms with Crippen molar-refractivity contribution in [1.29, 1.82) is 0 Å². The van der Waals surface area contributed by atoms with E-state index in [2.05, 4.69) is 30.7 Å². The largest absolute Gasteiger partial charge is 0.361 e. The number of nitrogens with zero attached hydrogens (tertiary/aromatic N) is 3. The molecule has 4 aromatic rings. The summed E-state index contributed by atoms with van der Waals surface area (Å²) in [5, 5.41) is 12.6. The van der Waals surface area contributed by atoms with E-state index >= 15 is 0 Å².